The van der Waals surface area contributed by atoms with E-state index in [2.05, 4.69) is 107 Å². The third-order valence-corrected chi connectivity index (χ3v) is 7.85. The van der Waals surface area contributed by atoms with Crippen LogP contribution in [-0.4, -0.2) is 21.3 Å². The molecule has 35 heavy (non-hydrogen) atoms. The van der Waals surface area contributed by atoms with Gasteiger partial charge in [0.2, 0.25) is 0 Å². The fourth-order valence-electron chi connectivity index (χ4n) is 5.78. The highest BCUT2D eigenvalue weighted by Gasteiger charge is 2.35. The molecule has 3 rings (SSSR count). The molecule has 0 N–H and O–H groups in total. The summed E-state index contributed by atoms with van der Waals surface area (Å²) in [7, 11) is 5.16. The van der Waals surface area contributed by atoms with Gasteiger partial charge in [-0.2, -0.15) is 0 Å². The van der Waals surface area contributed by atoms with Crippen LogP contribution >= 0.6 is 0 Å². The van der Waals surface area contributed by atoms with Crippen molar-refractivity contribution < 1.29 is 14.2 Å². The van der Waals surface area contributed by atoms with Crippen molar-refractivity contribution in [2.24, 2.45) is 17.8 Å². The van der Waals surface area contributed by atoms with Gasteiger partial charge in [-0.1, -0.05) is 71.0 Å². The molecule has 0 aliphatic heterocycles. The van der Waals surface area contributed by atoms with Gasteiger partial charge in [0.15, 0.2) is 0 Å². The maximum atomic E-state index is 5.46. The zero-order chi connectivity index (χ0) is 25.5. The Hall–Kier alpha value is -2.94. The molecule has 0 aliphatic rings. The summed E-state index contributed by atoms with van der Waals surface area (Å²) in [6.07, 6.45) is 0. The molecular formula is C32H42O3. The average Bonchev–Trinajstić information content (AvgIpc) is 2.89. The van der Waals surface area contributed by atoms with Crippen molar-refractivity contribution in [2.75, 3.05) is 21.3 Å². The molecular weight excluding hydrogens is 432 g/mol. The number of hydrogen-bond donors (Lipinski definition) is 0. The second-order valence-electron chi connectivity index (χ2n) is 10.1. The highest BCUT2D eigenvalue weighted by molar-refractivity contribution is 5.35. The van der Waals surface area contributed by atoms with E-state index in [0.29, 0.717) is 35.5 Å². The van der Waals surface area contributed by atoms with Crippen LogP contribution in [0.5, 0.6) is 17.2 Å². The third kappa shape index (κ3) is 6.20. The maximum absolute atomic E-state index is 5.46. The Bertz CT molecular complexity index is 1020. The molecule has 3 nitrogen and oxygen atoms in total. The van der Waals surface area contributed by atoms with E-state index in [1.807, 2.05) is 0 Å². The Kier molecular flexibility index (Phi) is 9.26. The van der Waals surface area contributed by atoms with Gasteiger partial charge in [-0.3, -0.25) is 0 Å². The molecule has 0 unspecified atom stereocenters. The number of methoxy groups -OCH3 is 3. The summed E-state index contributed by atoms with van der Waals surface area (Å²) in [4.78, 5) is 0. The minimum absolute atomic E-state index is 0.368. The van der Waals surface area contributed by atoms with Gasteiger partial charge in [0.1, 0.15) is 17.2 Å². The van der Waals surface area contributed by atoms with E-state index in [-0.39, 0.29) is 0 Å². The zero-order valence-corrected chi connectivity index (χ0v) is 22.6. The fourth-order valence-corrected chi connectivity index (χ4v) is 5.78. The summed E-state index contributed by atoms with van der Waals surface area (Å²) in [5.41, 5.74) is 4.08. The minimum Gasteiger partial charge on any atom is -0.497 e. The van der Waals surface area contributed by atoms with E-state index < -0.39 is 0 Å². The van der Waals surface area contributed by atoms with E-state index in [1.165, 1.54) is 16.7 Å². The van der Waals surface area contributed by atoms with Crippen molar-refractivity contribution in [3.8, 4) is 17.2 Å². The van der Waals surface area contributed by atoms with Crippen LogP contribution < -0.4 is 14.2 Å². The van der Waals surface area contributed by atoms with E-state index in [4.69, 9.17) is 14.2 Å². The molecule has 0 saturated heterocycles. The van der Waals surface area contributed by atoms with Crippen LogP contribution in [0, 0.1) is 17.8 Å². The van der Waals surface area contributed by atoms with Crippen LogP contribution in [0.25, 0.3) is 0 Å². The van der Waals surface area contributed by atoms with Gasteiger partial charge in [0.25, 0.3) is 0 Å². The molecule has 3 heteroatoms. The van der Waals surface area contributed by atoms with Crippen LogP contribution in [0.3, 0.4) is 0 Å². The lowest BCUT2D eigenvalue weighted by molar-refractivity contribution is 0.242. The molecule has 3 aromatic rings. The SMILES string of the molecule is COc1ccc([C@H]([C@@H](C)[C@H](c2ccc(OC)cc2)C(C)C)[C@@H](C)[C@@H](C)c2ccc(OC)cc2)cc1. The van der Waals surface area contributed by atoms with Gasteiger partial charge >= 0.3 is 0 Å². The molecule has 0 heterocycles. The van der Waals surface area contributed by atoms with E-state index >= 15 is 0 Å². The summed E-state index contributed by atoms with van der Waals surface area (Å²) in [5.74, 6) is 5.21. The van der Waals surface area contributed by atoms with Crippen LogP contribution in [0.4, 0.5) is 0 Å². The third-order valence-electron chi connectivity index (χ3n) is 7.85. The first-order chi connectivity index (χ1) is 16.8. The quantitative estimate of drug-likeness (QED) is 0.280. The van der Waals surface area contributed by atoms with Gasteiger partial charge in [-0.15, -0.1) is 0 Å². The van der Waals surface area contributed by atoms with Crippen LogP contribution in [0.15, 0.2) is 72.8 Å². The Morgan fingerprint density at radius 3 is 1.11 bits per heavy atom. The number of ether oxygens (including phenoxy) is 3. The van der Waals surface area contributed by atoms with Gasteiger partial charge < -0.3 is 14.2 Å². The highest BCUT2D eigenvalue weighted by Crippen LogP contribution is 2.47. The summed E-state index contributed by atoms with van der Waals surface area (Å²) in [6.45, 7) is 11.9. The lowest BCUT2D eigenvalue weighted by Gasteiger charge is -2.40. The predicted molar refractivity (Wildman–Crippen MR) is 146 cm³/mol. The van der Waals surface area contributed by atoms with Crippen molar-refractivity contribution in [3.05, 3.63) is 89.5 Å². The van der Waals surface area contributed by atoms with Crippen molar-refractivity contribution >= 4 is 0 Å². The Morgan fingerprint density at radius 1 is 0.429 bits per heavy atom. The molecule has 0 spiro atoms. The van der Waals surface area contributed by atoms with Crippen molar-refractivity contribution in [2.45, 2.75) is 52.4 Å². The molecule has 5 atom stereocenters. The zero-order valence-electron chi connectivity index (χ0n) is 22.6. The number of hydrogen-bond acceptors (Lipinski definition) is 3. The predicted octanol–water partition coefficient (Wildman–Crippen LogP) is 8.31. The van der Waals surface area contributed by atoms with Crippen LogP contribution in [-0.2, 0) is 0 Å². The second kappa shape index (κ2) is 12.2. The summed E-state index contributed by atoms with van der Waals surface area (Å²) in [6, 6.07) is 25.9. The lowest BCUT2D eigenvalue weighted by atomic mass is 9.65. The Labute approximate surface area is 212 Å². The van der Waals surface area contributed by atoms with Gasteiger partial charge in [0.05, 0.1) is 21.3 Å². The van der Waals surface area contributed by atoms with E-state index in [1.54, 1.807) is 21.3 Å². The summed E-state index contributed by atoms with van der Waals surface area (Å²) >= 11 is 0. The molecule has 0 amide bonds. The van der Waals surface area contributed by atoms with E-state index in [0.717, 1.165) is 17.2 Å². The molecule has 0 radical (unpaired) electrons. The van der Waals surface area contributed by atoms with Crippen molar-refractivity contribution in [1.29, 1.82) is 0 Å². The largest absolute Gasteiger partial charge is 0.497 e. The first kappa shape index (κ1) is 26.7. The molecule has 0 fully saturated rings. The normalized spacial score (nSPS) is 15.7. The molecule has 0 saturated carbocycles. The first-order valence-electron chi connectivity index (χ1n) is 12.7. The first-order valence-corrected chi connectivity index (χ1v) is 12.7. The van der Waals surface area contributed by atoms with Gasteiger partial charge in [-0.25, -0.2) is 0 Å². The second-order valence-corrected chi connectivity index (χ2v) is 10.1. The number of rotatable bonds is 11. The Balaban J connectivity index is 2.02. The average molecular weight is 475 g/mol. The van der Waals surface area contributed by atoms with Crippen molar-refractivity contribution in [1.82, 2.24) is 0 Å². The van der Waals surface area contributed by atoms with Gasteiger partial charge in [0, 0.05) is 0 Å². The molecule has 3 aromatic carbocycles. The maximum Gasteiger partial charge on any atom is 0.118 e. The fraction of sp³-hybridized carbons (Fsp3) is 0.438. The van der Waals surface area contributed by atoms with Gasteiger partial charge in [-0.05, 0) is 88.6 Å². The smallest absolute Gasteiger partial charge is 0.118 e. The Morgan fingerprint density at radius 2 is 0.771 bits per heavy atom. The monoisotopic (exact) mass is 474 g/mol. The topological polar surface area (TPSA) is 27.7 Å². The lowest BCUT2D eigenvalue weighted by Crippen LogP contribution is -2.28. The van der Waals surface area contributed by atoms with Crippen LogP contribution in [0.2, 0.25) is 0 Å². The standard InChI is InChI=1S/C32H42O3/c1-21(2)31(26-11-17-29(34-7)18-12-26)24(5)32(27-13-19-30(35-8)20-14-27)23(4)22(3)25-9-15-28(33-6)16-10-25/h9-24,31-32H,1-8H3/t22-,23+,24+,31-,32+/m1/s1. The molecule has 0 bridgehead atoms. The molecule has 0 aliphatic carbocycles. The number of benzene rings is 3. The molecule has 188 valence electrons. The van der Waals surface area contributed by atoms with Crippen LogP contribution in [0.1, 0.15) is 69.1 Å². The highest BCUT2D eigenvalue weighted by atomic mass is 16.5. The van der Waals surface area contributed by atoms with E-state index in [9.17, 15) is 0 Å². The minimum atomic E-state index is 0.368. The van der Waals surface area contributed by atoms with Crippen molar-refractivity contribution in [3.63, 3.8) is 0 Å². The molecule has 0 aromatic heterocycles. The summed E-state index contributed by atoms with van der Waals surface area (Å²) < 4.78 is 16.3. The summed E-state index contributed by atoms with van der Waals surface area (Å²) in [5, 5.41) is 0.